The molecule has 3 nitrogen and oxygen atoms in total. The molecule has 1 atom stereocenters. The highest BCUT2D eigenvalue weighted by Gasteiger charge is 2.21. The standard InChI is InChI=1S/C15H17BrFNO2S/c1-4-18-15(9-5-14(16)21-8-9)10-6-12(19-2)13(20-3)7-11(10)17/h5-8,15,18H,4H2,1-3H3. The molecule has 0 saturated carbocycles. The van der Waals surface area contributed by atoms with E-state index in [1.54, 1.807) is 24.5 Å². The molecule has 1 aromatic heterocycles. The smallest absolute Gasteiger partial charge is 0.163 e. The fraction of sp³-hybridized carbons (Fsp3) is 0.333. The van der Waals surface area contributed by atoms with Gasteiger partial charge in [0.15, 0.2) is 11.5 Å². The quantitative estimate of drug-likeness (QED) is 0.815. The van der Waals surface area contributed by atoms with Crippen LogP contribution >= 0.6 is 27.3 Å². The normalized spacial score (nSPS) is 12.2. The molecule has 0 amide bonds. The Kier molecular flexibility index (Phi) is 5.61. The second-order valence-corrected chi connectivity index (χ2v) is 6.69. The van der Waals surface area contributed by atoms with Gasteiger partial charge in [-0.2, -0.15) is 0 Å². The van der Waals surface area contributed by atoms with E-state index in [1.807, 2.05) is 18.4 Å². The Labute approximate surface area is 136 Å². The van der Waals surface area contributed by atoms with Crippen LogP contribution in [0.15, 0.2) is 27.4 Å². The molecule has 0 aliphatic rings. The third-order valence-electron chi connectivity index (χ3n) is 3.14. The Morgan fingerprint density at radius 3 is 2.43 bits per heavy atom. The van der Waals surface area contributed by atoms with Crippen molar-refractivity contribution < 1.29 is 13.9 Å². The van der Waals surface area contributed by atoms with Gasteiger partial charge in [-0.1, -0.05) is 6.92 Å². The molecule has 1 aromatic carbocycles. The molecule has 0 bridgehead atoms. The SMILES string of the molecule is CCNC(c1csc(Br)c1)c1cc(OC)c(OC)cc1F. The van der Waals surface area contributed by atoms with Crippen molar-refractivity contribution in [2.45, 2.75) is 13.0 Å². The number of rotatable bonds is 6. The Morgan fingerprint density at radius 2 is 1.90 bits per heavy atom. The van der Waals surface area contributed by atoms with Crippen LogP contribution in [-0.2, 0) is 0 Å². The molecule has 114 valence electrons. The zero-order valence-electron chi connectivity index (χ0n) is 12.1. The van der Waals surface area contributed by atoms with Crippen molar-refractivity contribution in [2.24, 2.45) is 0 Å². The van der Waals surface area contributed by atoms with Gasteiger partial charge in [0.25, 0.3) is 0 Å². The maximum atomic E-state index is 14.4. The van der Waals surface area contributed by atoms with Gasteiger partial charge in [-0.25, -0.2) is 4.39 Å². The van der Waals surface area contributed by atoms with Gasteiger partial charge in [0.05, 0.1) is 24.0 Å². The van der Waals surface area contributed by atoms with Crippen molar-refractivity contribution in [3.63, 3.8) is 0 Å². The molecular weight excluding hydrogens is 357 g/mol. The van der Waals surface area contributed by atoms with Crippen molar-refractivity contribution in [3.8, 4) is 11.5 Å². The summed E-state index contributed by atoms with van der Waals surface area (Å²) < 4.78 is 25.9. The Morgan fingerprint density at radius 1 is 1.24 bits per heavy atom. The van der Waals surface area contributed by atoms with Crippen LogP contribution in [0.25, 0.3) is 0 Å². The predicted octanol–water partition coefficient (Wildman–Crippen LogP) is 4.37. The summed E-state index contributed by atoms with van der Waals surface area (Å²) in [6.07, 6.45) is 0. The van der Waals surface area contributed by atoms with E-state index in [2.05, 4.69) is 21.2 Å². The minimum atomic E-state index is -0.319. The molecular formula is C15H17BrFNO2S. The monoisotopic (exact) mass is 373 g/mol. The van der Waals surface area contributed by atoms with Gasteiger partial charge in [-0.15, -0.1) is 11.3 Å². The lowest BCUT2D eigenvalue weighted by Gasteiger charge is -2.20. The molecule has 0 aliphatic carbocycles. The number of halogens is 2. The van der Waals surface area contributed by atoms with Crippen LogP contribution in [-0.4, -0.2) is 20.8 Å². The van der Waals surface area contributed by atoms with Crippen molar-refractivity contribution >= 4 is 27.3 Å². The Bertz CT molecular complexity index is 618. The van der Waals surface area contributed by atoms with Gasteiger partial charge in [0.1, 0.15) is 5.82 Å². The van der Waals surface area contributed by atoms with E-state index < -0.39 is 0 Å². The van der Waals surface area contributed by atoms with Crippen LogP contribution < -0.4 is 14.8 Å². The number of methoxy groups -OCH3 is 2. The average Bonchev–Trinajstić information content (AvgIpc) is 2.91. The largest absolute Gasteiger partial charge is 0.493 e. The van der Waals surface area contributed by atoms with E-state index in [0.29, 0.717) is 17.1 Å². The van der Waals surface area contributed by atoms with E-state index >= 15 is 0 Å². The highest BCUT2D eigenvalue weighted by Crippen LogP contribution is 2.36. The molecule has 0 radical (unpaired) electrons. The molecule has 6 heteroatoms. The van der Waals surface area contributed by atoms with Gasteiger partial charge >= 0.3 is 0 Å². The minimum Gasteiger partial charge on any atom is -0.493 e. The van der Waals surface area contributed by atoms with E-state index in [1.165, 1.54) is 13.2 Å². The molecule has 0 saturated heterocycles. The lowest BCUT2D eigenvalue weighted by Crippen LogP contribution is -2.22. The molecule has 0 fully saturated rings. The first-order chi connectivity index (χ1) is 10.1. The number of benzene rings is 1. The second kappa shape index (κ2) is 7.24. The number of hydrogen-bond donors (Lipinski definition) is 1. The van der Waals surface area contributed by atoms with Crippen LogP contribution in [0.5, 0.6) is 11.5 Å². The Hall–Kier alpha value is -1.11. The van der Waals surface area contributed by atoms with Crippen LogP contribution in [0, 0.1) is 5.82 Å². The molecule has 1 N–H and O–H groups in total. The summed E-state index contributed by atoms with van der Waals surface area (Å²) in [7, 11) is 3.04. The highest BCUT2D eigenvalue weighted by molar-refractivity contribution is 9.11. The third-order valence-corrected chi connectivity index (χ3v) is 4.67. The molecule has 21 heavy (non-hydrogen) atoms. The first-order valence-electron chi connectivity index (χ1n) is 6.49. The van der Waals surface area contributed by atoms with E-state index in [0.717, 1.165) is 15.9 Å². The molecule has 2 aromatic rings. The predicted molar refractivity (Wildman–Crippen MR) is 87.0 cm³/mol. The maximum Gasteiger partial charge on any atom is 0.163 e. The van der Waals surface area contributed by atoms with Crippen molar-refractivity contribution in [1.29, 1.82) is 0 Å². The zero-order valence-corrected chi connectivity index (χ0v) is 14.5. The van der Waals surface area contributed by atoms with Crippen molar-refractivity contribution in [1.82, 2.24) is 5.32 Å². The number of hydrogen-bond acceptors (Lipinski definition) is 4. The zero-order chi connectivity index (χ0) is 15.4. The summed E-state index contributed by atoms with van der Waals surface area (Å²) in [5.74, 6) is 0.590. The maximum absolute atomic E-state index is 14.4. The molecule has 2 rings (SSSR count). The van der Waals surface area contributed by atoms with E-state index in [-0.39, 0.29) is 11.9 Å². The summed E-state index contributed by atoms with van der Waals surface area (Å²) >= 11 is 5.02. The molecule has 1 heterocycles. The van der Waals surface area contributed by atoms with Gasteiger partial charge in [-0.3, -0.25) is 0 Å². The van der Waals surface area contributed by atoms with E-state index in [4.69, 9.17) is 9.47 Å². The lowest BCUT2D eigenvalue weighted by atomic mass is 10.00. The lowest BCUT2D eigenvalue weighted by molar-refractivity contribution is 0.351. The second-order valence-electron chi connectivity index (χ2n) is 4.40. The number of ether oxygens (including phenoxy) is 2. The minimum absolute atomic E-state index is 0.225. The number of thiophene rings is 1. The third kappa shape index (κ3) is 3.56. The highest BCUT2D eigenvalue weighted by atomic mass is 79.9. The van der Waals surface area contributed by atoms with Gasteiger partial charge in [0, 0.05) is 11.6 Å². The van der Waals surface area contributed by atoms with Crippen molar-refractivity contribution in [2.75, 3.05) is 20.8 Å². The van der Waals surface area contributed by atoms with E-state index in [9.17, 15) is 4.39 Å². The first-order valence-corrected chi connectivity index (χ1v) is 8.16. The summed E-state index contributed by atoms with van der Waals surface area (Å²) in [5.41, 5.74) is 1.56. The molecule has 1 unspecified atom stereocenters. The van der Waals surface area contributed by atoms with Gasteiger partial charge < -0.3 is 14.8 Å². The first kappa shape index (κ1) is 16.3. The summed E-state index contributed by atoms with van der Waals surface area (Å²) in [6, 6.07) is 4.82. The van der Waals surface area contributed by atoms with Crippen LogP contribution in [0.1, 0.15) is 24.1 Å². The molecule has 0 spiro atoms. The number of nitrogens with one attached hydrogen (secondary N) is 1. The fourth-order valence-corrected chi connectivity index (χ4v) is 3.38. The van der Waals surface area contributed by atoms with Gasteiger partial charge in [0.2, 0.25) is 0 Å². The van der Waals surface area contributed by atoms with Crippen molar-refractivity contribution in [3.05, 3.63) is 44.3 Å². The summed E-state index contributed by atoms with van der Waals surface area (Å²) in [4.78, 5) is 0. The van der Waals surface area contributed by atoms with Crippen LogP contribution in [0.2, 0.25) is 0 Å². The topological polar surface area (TPSA) is 30.5 Å². The van der Waals surface area contributed by atoms with Crippen LogP contribution in [0.4, 0.5) is 4.39 Å². The summed E-state index contributed by atoms with van der Waals surface area (Å²) in [6.45, 7) is 2.72. The van der Waals surface area contributed by atoms with Gasteiger partial charge in [-0.05, 0) is 45.6 Å². The summed E-state index contributed by atoms with van der Waals surface area (Å²) in [5, 5.41) is 5.32. The Balaban J connectivity index is 2.49. The van der Waals surface area contributed by atoms with Crippen LogP contribution in [0.3, 0.4) is 0 Å². The molecule has 0 aliphatic heterocycles. The average molecular weight is 374 g/mol. The fourth-order valence-electron chi connectivity index (χ4n) is 2.18.